The third kappa shape index (κ3) is 3.82. The summed E-state index contributed by atoms with van der Waals surface area (Å²) in [6.45, 7) is 6.71. The summed E-state index contributed by atoms with van der Waals surface area (Å²) < 4.78 is 0. The molecule has 0 spiro atoms. The van der Waals surface area contributed by atoms with Crippen molar-refractivity contribution in [2.24, 2.45) is 11.8 Å². The number of nitrogens with zero attached hydrogens (tertiary/aromatic N) is 1. The molecule has 1 unspecified atom stereocenters. The summed E-state index contributed by atoms with van der Waals surface area (Å²) in [7, 11) is 0. The fraction of sp³-hybridized carbons (Fsp3) is 0.571. The van der Waals surface area contributed by atoms with Crippen molar-refractivity contribution >= 4 is 17.7 Å². The lowest BCUT2D eigenvalue weighted by Gasteiger charge is -2.29. The van der Waals surface area contributed by atoms with Gasteiger partial charge in [-0.1, -0.05) is 19.1 Å². The van der Waals surface area contributed by atoms with Crippen LogP contribution in [0, 0.1) is 11.8 Å². The molecular weight excluding hydrogens is 356 g/mol. The number of benzene rings is 1. The number of hydrogen-bond acceptors (Lipinski definition) is 5. The Balaban J connectivity index is 1.33. The van der Waals surface area contributed by atoms with Crippen molar-refractivity contribution in [1.82, 2.24) is 20.9 Å². The zero-order valence-corrected chi connectivity index (χ0v) is 16.3. The average molecular weight is 384 g/mol. The molecule has 3 aliphatic rings. The molecule has 1 aromatic rings. The Morgan fingerprint density at radius 3 is 2.82 bits per heavy atom. The maximum absolute atomic E-state index is 12.7. The van der Waals surface area contributed by atoms with E-state index in [1.165, 1.54) is 6.42 Å². The molecule has 3 aliphatic heterocycles. The van der Waals surface area contributed by atoms with Gasteiger partial charge >= 0.3 is 0 Å². The van der Waals surface area contributed by atoms with Crippen LogP contribution in [0.4, 0.5) is 0 Å². The van der Waals surface area contributed by atoms with Gasteiger partial charge < -0.3 is 15.5 Å². The first-order valence-corrected chi connectivity index (χ1v) is 10.2. The lowest BCUT2D eigenvalue weighted by molar-refractivity contribution is -0.136. The first kappa shape index (κ1) is 19.1. The van der Waals surface area contributed by atoms with Gasteiger partial charge in [0.05, 0.1) is 0 Å². The van der Waals surface area contributed by atoms with E-state index in [-0.39, 0.29) is 24.1 Å². The second-order valence-corrected chi connectivity index (χ2v) is 8.25. The molecule has 3 heterocycles. The van der Waals surface area contributed by atoms with Gasteiger partial charge in [-0.05, 0) is 61.5 Å². The Labute approximate surface area is 165 Å². The predicted octanol–water partition coefficient (Wildman–Crippen LogP) is 0.783. The second-order valence-electron chi connectivity index (χ2n) is 8.25. The molecule has 3 amide bonds. The Hall–Kier alpha value is -2.25. The lowest BCUT2D eigenvalue weighted by Crippen LogP contribution is -2.52. The van der Waals surface area contributed by atoms with Crippen molar-refractivity contribution in [3.05, 3.63) is 34.9 Å². The van der Waals surface area contributed by atoms with Crippen LogP contribution in [-0.4, -0.2) is 48.3 Å². The van der Waals surface area contributed by atoms with Gasteiger partial charge in [-0.2, -0.15) is 0 Å². The molecule has 0 bridgehead atoms. The fourth-order valence-corrected chi connectivity index (χ4v) is 4.51. The van der Waals surface area contributed by atoms with E-state index in [9.17, 15) is 14.4 Å². The van der Waals surface area contributed by atoms with E-state index >= 15 is 0 Å². The van der Waals surface area contributed by atoms with E-state index in [1.807, 2.05) is 12.1 Å². The highest BCUT2D eigenvalue weighted by atomic mass is 16.2. The van der Waals surface area contributed by atoms with Gasteiger partial charge in [0.25, 0.3) is 5.91 Å². The molecule has 2 fully saturated rings. The number of piperidine rings is 1. The Morgan fingerprint density at radius 2 is 2.07 bits per heavy atom. The zero-order chi connectivity index (χ0) is 19.7. The van der Waals surface area contributed by atoms with E-state index in [2.05, 4.69) is 28.9 Å². The minimum absolute atomic E-state index is 0.119. The molecule has 1 aromatic carbocycles. The third-order valence-corrected chi connectivity index (χ3v) is 6.29. The van der Waals surface area contributed by atoms with Crippen LogP contribution in [-0.2, 0) is 22.7 Å². The highest BCUT2D eigenvalue weighted by Gasteiger charge is 2.39. The van der Waals surface area contributed by atoms with Gasteiger partial charge in [0.15, 0.2) is 0 Å². The molecule has 150 valence electrons. The van der Waals surface area contributed by atoms with Crippen LogP contribution in [0.3, 0.4) is 0 Å². The summed E-state index contributed by atoms with van der Waals surface area (Å²) in [5.41, 5.74) is 2.77. The molecule has 4 rings (SSSR count). The van der Waals surface area contributed by atoms with Crippen LogP contribution in [0.1, 0.15) is 47.7 Å². The van der Waals surface area contributed by atoms with Crippen LogP contribution in [0.25, 0.3) is 0 Å². The molecule has 3 N–H and O–H groups in total. The summed E-state index contributed by atoms with van der Waals surface area (Å²) in [4.78, 5) is 37.8. The summed E-state index contributed by atoms with van der Waals surface area (Å²) in [6.07, 6.45) is 1.84. The topological polar surface area (TPSA) is 90.5 Å². The number of fused-ring (bicyclic) bond motifs is 1. The summed E-state index contributed by atoms with van der Waals surface area (Å²) in [5.74, 6) is 0.737. The maximum atomic E-state index is 12.7. The summed E-state index contributed by atoms with van der Waals surface area (Å²) >= 11 is 0. The number of hydrogen-bond donors (Lipinski definition) is 3. The zero-order valence-electron chi connectivity index (χ0n) is 16.3. The van der Waals surface area contributed by atoms with Gasteiger partial charge in [-0.15, -0.1) is 0 Å². The number of amides is 3. The molecule has 0 aromatic heterocycles. The molecule has 2 saturated heterocycles. The molecule has 0 aliphatic carbocycles. The van der Waals surface area contributed by atoms with E-state index in [1.54, 1.807) is 4.90 Å². The fourth-order valence-electron chi connectivity index (χ4n) is 4.51. The van der Waals surface area contributed by atoms with Gasteiger partial charge in [0.1, 0.15) is 6.04 Å². The van der Waals surface area contributed by atoms with Crippen molar-refractivity contribution in [2.45, 2.75) is 45.3 Å². The van der Waals surface area contributed by atoms with Crippen LogP contribution in [0.5, 0.6) is 0 Å². The molecule has 0 radical (unpaired) electrons. The van der Waals surface area contributed by atoms with Crippen molar-refractivity contribution in [1.29, 1.82) is 0 Å². The van der Waals surface area contributed by atoms with E-state index in [0.29, 0.717) is 18.5 Å². The average Bonchev–Trinajstić information content (AvgIpc) is 3.22. The third-order valence-electron chi connectivity index (χ3n) is 6.29. The number of imide groups is 1. The van der Waals surface area contributed by atoms with Crippen molar-refractivity contribution in [2.75, 3.05) is 19.6 Å². The molecule has 3 atom stereocenters. The SMILES string of the molecule is C[C@@H]1CNC[C@H]1CCNCc1ccc2c(c1)CN(C1CCC(=O)NC1=O)C2=O. The molecule has 28 heavy (non-hydrogen) atoms. The maximum Gasteiger partial charge on any atom is 0.255 e. The van der Waals surface area contributed by atoms with Gasteiger partial charge in [0.2, 0.25) is 11.8 Å². The minimum atomic E-state index is -0.554. The van der Waals surface area contributed by atoms with Crippen LogP contribution < -0.4 is 16.0 Å². The molecule has 0 saturated carbocycles. The number of nitrogens with one attached hydrogen (secondary N) is 3. The lowest BCUT2D eigenvalue weighted by atomic mass is 9.95. The predicted molar refractivity (Wildman–Crippen MR) is 104 cm³/mol. The Morgan fingerprint density at radius 1 is 1.21 bits per heavy atom. The van der Waals surface area contributed by atoms with Crippen LogP contribution in [0.15, 0.2) is 18.2 Å². The van der Waals surface area contributed by atoms with Gasteiger partial charge in [0, 0.05) is 25.1 Å². The standard InChI is InChI=1S/C21H28N4O3/c1-13-9-23-11-15(13)6-7-22-10-14-2-3-17-16(8-14)12-25(21(17)28)18-4-5-19(26)24-20(18)27/h2-3,8,13,15,18,22-23H,4-7,9-12H2,1H3,(H,24,26,27)/t13-,15-,18?/m1/s1. The largest absolute Gasteiger partial charge is 0.322 e. The first-order chi connectivity index (χ1) is 13.5. The summed E-state index contributed by atoms with van der Waals surface area (Å²) in [5, 5.41) is 9.29. The number of carbonyl (C=O) groups is 3. The highest BCUT2D eigenvalue weighted by Crippen LogP contribution is 2.28. The number of carbonyl (C=O) groups excluding carboxylic acids is 3. The quantitative estimate of drug-likeness (QED) is 0.498. The Kier molecular flexibility index (Phi) is 5.46. The van der Waals surface area contributed by atoms with Crippen molar-refractivity contribution in [3.63, 3.8) is 0 Å². The highest BCUT2D eigenvalue weighted by molar-refractivity contribution is 6.05. The molecule has 7 nitrogen and oxygen atoms in total. The van der Waals surface area contributed by atoms with E-state index in [0.717, 1.165) is 49.1 Å². The van der Waals surface area contributed by atoms with Crippen LogP contribution >= 0.6 is 0 Å². The Bertz CT molecular complexity index is 794. The number of rotatable bonds is 6. The second kappa shape index (κ2) is 8.01. The smallest absolute Gasteiger partial charge is 0.255 e. The monoisotopic (exact) mass is 384 g/mol. The van der Waals surface area contributed by atoms with Gasteiger partial charge in [-0.3, -0.25) is 19.7 Å². The van der Waals surface area contributed by atoms with Crippen LogP contribution in [0.2, 0.25) is 0 Å². The molecule has 7 heteroatoms. The van der Waals surface area contributed by atoms with Crippen molar-refractivity contribution in [3.8, 4) is 0 Å². The van der Waals surface area contributed by atoms with Gasteiger partial charge in [-0.25, -0.2) is 0 Å². The first-order valence-electron chi connectivity index (χ1n) is 10.2. The minimum Gasteiger partial charge on any atom is -0.322 e. The molecular formula is C21H28N4O3. The normalized spacial score (nSPS) is 27.2. The summed E-state index contributed by atoms with van der Waals surface area (Å²) in [6, 6.07) is 5.36. The van der Waals surface area contributed by atoms with E-state index in [4.69, 9.17) is 0 Å². The van der Waals surface area contributed by atoms with E-state index < -0.39 is 6.04 Å². The van der Waals surface area contributed by atoms with Crippen molar-refractivity contribution < 1.29 is 14.4 Å².